The Hall–Kier alpha value is -1.88. The molecule has 1 aromatic carbocycles. The molecule has 5 heteroatoms. The third kappa shape index (κ3) is 3.91. The summed E-state index contributed by atoms with van der Waals surface area (Å²) in [7, 11) is 0. The van der Waals surface area contributed by atoms with Gasteiger partial charge in [-0.3, -0.25) is 9.59 Å². The lowest BCUT2D eigenvalue weighted by molar-refractivity contribution is -0.124. The molecule has 0 saturated carbocycles. The van der Waals surface area contributed by atoms with Crippen LogP contribution in [0.5, 0.6) is 0 Å². The fraction of sp³-hybridized carbons (Fsp3) is 0.556. The Kier molecular flexibility index (Phi) is 5.09. The maximum Gasteiger partial charge on any atom is 0.230 e. The summed E-state index contributed by atoms with van der Waals surface area (Å²) in [5.74, 6) is -0.531. The molecule has 0 bridgehead atoms. The standard InChI is InChI=1S/C18H26N2O3/c1-13(21)20(14(2)22)17-12-15(18(3,4)5)6-7-16(17)19-8-10-23-11-9-19/h6-7,12H,8-11H2,1-5H3. The van der Waals surface area contributed by atoms with Crippen molar-refractivity contribution in [1.29, 1.82) is 0 Å². The topological polar surface area (TPSA) is 49.9 Å². The number of rotatable bonds is 2. The fourth-order valence-electron chi connectivity index (χ4n) is 2.80. The van der Waals surface area contributed by atoms with Crippen molar-refractivity contribution in [2.45, 2.75) is 40.0 Å². The third-order valence-corrected chi connectivity index (χ3v) is 4.06. The van der Waals surface area contributed by atoms with E-state index in [0.717, 1.165) is 24.3 Å². The van der Waals surface area contributed by atoms with Gasteiger partial charge in [0.05, 0.1) is 24.6 Å². The maximum absolute atomic E-state index is 12.0. The van der Waals surface area contributed by atoms with E-state index in [1.807, 2.05) is 12.1 Å². The van der Waals surface area contributed by atoms with E-state index >= 15 is 0 Å². The van der Waals surface area contributed by atoms with Gasteiger partial charge in [0.2, 0.25) is 11.8 Å². The summed E-state index contributed by atoms with van der Waals surface area (Å²) in [6.45, 7) is 12.0. The molecule has 1 aliphatic rings. The van der Waals surface area contributed by atoms with Crippen molar-refractivity contribution in [3.8, 4) is 0 Å². The molecule has 0 aliphatic carbocycles. The number of morpholine rings is 1. The van der Waals surface area contributed by atoms with Crippen molar-refractivity contribution < 1.29 is 14.3 Å². The molecule has 0 unspecified atom stereocenters. The molecule has 1 aromatic rings. The molecule has 5 nitrogen and oxygen atoms in total. The molecule has 0 N–H and O–H groups in total. The lowest BCUT2D eigenvalue weighted by Crippen LogP contribution is -2.39. The van der Waals surface area contributed by atoms with Crippen LogP contribution in [0.25, 0.3) is 0 Å². The first-order valence-corrected chi connectivity index (χ1v) is 8.00. The predicted octanol–water partition coefficient (Wildman–Crippen LogP) is 2.72. The van der Waals surface area contributed by atoms with Gasteiger partial charge in [-0.2, -0.15) is 0 Å². The van der Waals surface area contributed by atoms with Crippen LogP contribution in [0.3, 0.4) is 0 Å². The quantitative estimate of drug-likeness (QED) is 0.841. The molecule has 1 fully saturated rings. The SMILES string of the molecule is CC(=O)N(C(C)=O)c1cc(C(C)(C)C)ccc1N1CCOCC1. The molecule has 2 amide bonds. The van der Waals surface area contributed by atoms with Crippen molar-refractivity contribution in [3.05, 3.63) is 23.8 Å². The van der Waals surface area contributed by atoms with Gasteiger partial charge in [0.15, 0.2) is 0 Å². The van der Waals surface area contributed by atoms with Gasteiger partial charge in [0.25, 0.3) is 0 Å². The van der Waals surface area contributed by atoms with Crippen molar-refractivity contribution in [2.75, 3.05) is 36.1 Å². The van der Waals surface area contributed by atoms with E-state index in [-0.39, 0.29) is 17.2 Å². The second-order valence-electron chi connectivity index (χ2n) is 6.93. The molecule has 0 atom stereocenters. The number of imide groups is 1. The summed E-state index contributed by atoms with van der Waals surface area (Å²) in [5, 5.41) is 0. The van der Waals surface area contributed by atoms with E-state index in [4.69, 9.17) is 4.74 Å². The molecule has 126 valence electrons. The number of amides is 2. The third-order valence-electron chi connectivity index (χ3n) is 4.06. The zero-order valence-electron chi connectivity index (χ0n) is 14.7. The molecule has 23 heavy (non-hydrogen) atoms. The highest BCUT2D eigenvalue weighted by Crippen LogP contribution is 2.35. The van der Waals surface area contributed by atoms with Crippen LogP contribution in [0, 0.1) is 0 Å². The number of hydrogen-bond acceptors (Lipinski definition) is 4. The van der Waals surface area contributed by atoms with E-state index < -0.39 is 0 Å². The molecule has 1 heterocycles. The minimum Gasteiger partial charge on any atom is -0.378 e. The van der Waals surface area contributed by atoms with Gasteiger partial charge in [0, 0.05) is 26.9 Å². The summed E-state index contributed by atoms with van der Waals surface area (Å²) >= 11 is 0. The second kappa shape index (κ2) is 6.71. The first-order valence-electron chi connectivity index (χ1n) is 8.00. The summed E-state index contributed by atoms with van der Waals surface area (Å²) < 4.78 is 5.41. The highest BCUT2D eigenvalue weighted by molar-refractivity contribution is 6.15. The minimum atomic E-state index is -0.266. The van der Waals surface area contributed by atoms with Gasteiger partial charge in [-0.15, -0.1) is 0 Å². The van der Waals surface area contributed by atoms with Crippen molar-refractivity contribution in [3.63, 3.8) is 0 Å². The van der Waals surface area contributed by atoms with E-state index in [2.05, 4.69) is 31.7 Å². The Bertz CT molecular complexity index is 585. The average Bonchev–Trinajstić information content (AvgIpc) is 2.46. The largest absolute Gasteiger partial charge is 0.378 e. The Morgan fingerprint density at radius 1 is 1.09 bits per heavy atom. The fourth-order valence-corrected chi connectivity index (χ4v) is 2.80. The van der Waals surface area contributed by atoms with E-state index in [0.29, 0.717) is 18.9 Å². The summed E-state index contributed by atoms with van der Waals surface area (Å²) in [4.78, 5) is 27.5. The van der Waals surface area contributed by atoms with Gasteiger partial charge in [-0.25, -0.2) is 4.90 Å². The zero-order valence-corrected chi connectivity index (χ0v) is 14.7. The smallest absolute Gasteiger partial charge is 0.230 e. The molecule has 1 aliphatic heterocycles. The number of anilines is 2. The lowest BCUT2D eigenvalue weighted by atomic mass is 9.86. The highest BCUT2D eigenvalue weighted by Gasteiger charge is 2.26. The Morgan fingerprint density at radius 2 is 1.65 bits per heavy atom. The first-order chi connectivity index (χ1) is 10.7. The van der Waals surface area contributed by atoms with Gasteiger partial charge >= 0.3 is 0 Å². The monoisotopic (exact) mass is 318 g/mol. The molecular weight excluding hydrogens is 292 g/mol. The number of ether oxygens (including phenoxy) is 1. The maximum atomic E-state index is 12.0. The zero-order chi connectivity index (χ0) is 17.2. The molecule has 1 saturated heterocycles. The van der Waals surface area contributed by atoms with Gasteiger partial charge < -0.3 is 9.64 Å². The minimum absolute atomic E-state index is 0.0580. The van der Waals surface area contributed by atoms with Crippen molar-refractivity contribution >= 4 is 23.2 Å². The molecule has 0 spiro atoms. The number of benzene rings is 1. The van der Waals surface area contributed by atoms with Crippen LogP contribution in [0.15, 0.2) is 18.2 Å². The van der Waals surface area contributed by atoms with Crippen LogP contribution in [0.2, 0.25) is 0 Å². The van der Waals surface area contributed by atoms with E-state index in [9.17, 15) is 9.59 Å². The summed E-state index contributed by atoms with van der Waals surface area (Å²) in [6.07, 6.45) is 0. The number of hydrogen-bond donors (Lipinski definition) is 0. The molecular formula is C18H26N2O3. The van der Waals surface area contributed by atoms with Crippen LogP contribution >= 0.6 is 0 Å². The van der Waals surface area contributed by atoms with Crippen molar-refractivity contribution in [1.82, 2.24) is 0 Å². The van der Waals surface area contributed by atoms with Crippen LogP contribution in [0.4, 0.5) is 11.4 Å². The van der Waals surface area contributed by atoms with E-state index in [1.165, 1.54) is 18.7 Å². The molecule has 0 aromatic heterocycles. The summed E-state index contributed by atoms with van der Waals surface area (Å²) in [6, 6.07) is 6.06. The number of carbonyl (C=O) groups excluding carboxylic acids is 2. The lowest BCUT2D eigenvalue weighted by Gasteiger charge is -2.33. The molecule has 2 rings (SSSR count). The highest BCUT2D eigenvalue weighted by atomic mass is 16.5. The van der Waals surface area contributed by atoms with Gasteiger partial charge in [-0.05, 0) is 23.1 Å². The molecule has 0 radical (unpaired) electrons. The Morgan fingerprint density at radius 3 is 2.13 bits per heavy atom. The normalized spacial score (nSPS) is 15.4. The first kappa shape index (κ1) is 17.5. The van der Waals surface area contributed by atoms with Gasteiger partial charge in [-0.1, -0.05) is 26.8 Å². The van der Waals surface area contributed by atoms with E-state index in [1.54, 1.807) is 0 Å². The Labute approximate surface area is 138 Å². The van der Waals surface area contributed by atoms with Crippen molar-refractivity contribution in [2.24, 2.45) is 0 Å². The van der Waals surface area contributed by atoms with Crippen LogP contribution in [-0.2, 0) is 19.7 Å². The average molecular weight is 318 g/mol. The summed E-state index contributed by atoms with van der Waals surface area (Å²) in [5.41, 5.74) is 2.61. The van der Waals surface area contributed by atoms with Crippen LogP contribution in [-0.4, -0.2) is 38.1 Å². The predicted molar refractivity (Wildman–Crippen MR) is 92.0 cm³/mol. The second-order valence-corrected chi connectivity index (χ2v) is 6.93. The van der Waals surface area contributed by atoms with Gasteiger partial charge in [0.1, 0.15) is 0 Å². The van der Waals surface area contributed by atoms with Crippen LogP contribution < -0.4 is 9.80 Å². The number of carbonyl (C=O) groups is 2. The Balaban J connectivity index is 2.56. The number of nitrogens with zero attached hydrogens (tertiary/aromatic N) is 2. The van der Waals surface area contributed by atoms with Crippen LogP contribution in [0.1, 0.15) is 40.2 Å².